The maximum Gasteiger partial charge on any atom is 0.338 e. The molecule has 0 amide bonds. The van der Waals surface area contributed by atoms with Gasteiger partial charge in [0.15, 0.2) is 0 Å². The van der Waals surface area contributed by atoms with Crippen molar-refractivity contribution in [3.63, 3.8) is 0 Å². The lowest BCUT2D eigenvalue weighted by molar-refractivity contribution is 0.0177. The largest absolute Gasteiger partial charge is 0.494 e. The molecule has 0 bridgehead atoms. The number of ether oxygens (including phenoxy) is 3. The number of carbonyl (C=O) groups is 1. The second-order valence-corrected chi connectivity index (χ2v) is 4.28. The van der Waals surface area contributed by atoms with E-state index < -0.39 is 5.97 Å². The van der Waals surface area contributed by atoms with Crippen molar-refractivity contribution in [3.8, 4) is 5.75 Å². The number of nitrogen functional groups attached to an aromatic ring is 1. The Balaban J connectivity index is 2.56. The monoisotopic (exact) mass is 267 g/mol. The second kappa shape index (κ2) is 7.63. The number of benzene rings is 1. The summed E-state index contributed by atoms with van der Waals surface area (Å²) in [5.41, 5.74) is 6.56. The van der Waals surface area contributed by atoms with Crippen molar-refractivity contribution < 1.29 is 19.0 Å². The fourth-order valence-corrected chi connectivity index (χ4v) is 1.49. The van der Waals surface area contributed by atoms with Crippen LogP contribution in [-0.2, 0) is 9.47 Å². The highest BCUT2D eigenvalue weighted by atomic mass is 16.6. The van der Waals surface area contributed by atoms with Crippen molar-refractivity contribution in [1.82, 2.24) is 0 Å². The molecule has 0 aliphatic rings. The van der Waals surface area contributed by atoms with Crippen LogP contribution >= 0.6 is 0 Å². The zero-order valence-electron chi connectivity index (χ0n) is 11.6. The van der Waals surface area contributed by atoms with Crippen LogP contribution in [0.3, 0.4) is 0 Å². The second-order valence-electron chi connectivity index (χ2n) is 4.28. The van der Waals surface area contributed by atoms with E-state index in [1.54, 1.807) is 18.2 Å². The summed E-state index contributed by atoms with van der Waals surface area (Å²) in [6, 6.07) is 4.85. The normalized spacial score (nSPS) is 10.5. The third kappa shape index (κ3) is 5.61. The predicted octanol–water partition coefficient (Wildman–Crippen LogP) is 2.25. The van der Waals surface area contributed by atoms with Crippen LogP contribution in [0.15, 0.2) is 18.2 Å². The summed E-state index contributed by atoms with van der Waals surface area (Å²) >= 11 is 0. The first-order chi connectivity index (χ1) is 9.02. The summed E-state index contributed by atoms with van der Waals surface area (Å²) in [6.45, 7) is 6.83. The molecule has 19 heavy (non-hydrogen) atoms. The minimum Gasteiger partial charge on any atom is -0.494 e. The molecule has 0 aliphatic carbocycles. The average molecular weight is 267 g/mol. The fourth-order valence-electron chi connectivity index (χ4n) is 1.49. The molecule has 5 heteroatoms. The van der Waals surface area contributed by atoms with Gasteiger partial charge in [-0.3, -0.25) is 0 Å². The van der Waals surface area contributed by atoms with Crippen LogP contribution in [0.5, 0.6) is 5.75 Å². The molecule has 106 valence electrons. The number of nitrogens with two attached hydrogens (primary N) is 1. The van der Waals surface area contributed by atoms with Crippen LogP contribution in [-0.4, -0.2) is 31.9 Å². The van der Waals surface area contributed by atoms with E-state index >= 15 is 0 Å². The van der Waals surface area contributed by atoms with Gasteiger partial charge in [0.05, 0.1) is 24.9 Å². The zero-order chi connectivity index (χ0) is 14.3. The maximum atomic E-state index is 11.8. The minimum atomic E-state index is -0.430. The van der Waals surface area contributed by atoms with Crippen LogP contribution < -0.4 is 10.5 Å². The summed E-state index contributed by atoms with van der Waals surface area (Å²) in [5, 5.41) is 0. The topological polar surface area (TPSA) is 70.8 Å². The van der Waals surface area contributed by atoms with E-state index in [-0.39, 0.29) is 12.7 Å². The smallest absolute Gasteiger partial charge is 0.338 e. The van der Waals surface area contributed by atoms with Crippen molar-refractivity contribution in [2.75, 3.05) is 25.6 Å². The van der Waals surface area contributed by atoms with E-state index in [1.807, 2.05) is 20.8 Å². The number of hydrogen-bond donors (Lipinski definition) is 1. The molecule has 0 atom stereocenters. The van der Waals surface area contributed by atoms with Gasteiger partial charge in [0.2, 0.25) is 0 Å². The van der Waals surface area contributed by atoms with Gasteiger partial charge in [-0.15, -0.1) is 0 Å². The van der Waals surface area contributed by atoms with Crippen LogP contribution in [0.4, 0.5) is 5.69 Å². The Kier molecular flexibility index (Phi) is 6.15. The standard InChI is InChI=1S/C14H21NO4/c1-4-17-13-8-11(7-12(15)9-13)14(16)19-6-5-18-10(2)3/h7-10H,4-6,15H2,1-3H3. The Hall–Kier alpha value is -1.75. The first kappa shape index (κ1) is 15.3. The van der Waals surface area contributed by atoms with E-state index in [9.17, 15) is 4.79 Å². The molecule has 0 saturated carbocycles. The van der Waals surface area contributed by atoms with Crippen molar-refractivity contribution >= 4 is 11.7 Å². The molecule has 0 radical (unpaired) electrons. The number of rotatable bonds is 7. The Morgan fingerprint density at radius 1 is 1.26 bits per heavy atom. The molecule has 0 spiro atoms. The van der Waals surface area contributed by atoms with Gasteiger partial charge in [-0.2, -0.15) is 0 Å². The number of hydrogen-bond acceptors (Lipinski definition) is 5. The lowest BCUT2D eigenvalue weighted by atomic mass is 10.2. The van der Waals surface area contributed by atoms with E-state index in [0.29, 0.717) is 30.2 Å². The Labute approximate surface area is 113 Å². The van der Waals surface area contributed by atoms with E-state index in [0.717, 1.165) is 0 Å². The van der Waals surface area contributed by atoms with Gasteiger partial charge in [0.1, 0.15) is 12.4 Å². The van der Waals surface area contributed by atoms with Gasteiger partial charge in [-0.1, -0.05) is 0 Å². The van der Waals surface area contributed by atoms with Gasteiger partial charge in [0.25, 0.3) is 0 Å². The molecule has 0 unspecified atom stereocenters. The summed E-state index contributed by atoms with van der Waals surface area (Å²) in [4.78, 5) is 11.8. The highest BCUT2D eigenvalue weighted by Gasteiger charge is 2.10. The Morgan fingerprint density at radius 3 is 2.63 bits per heavy atom. The number of anilines is 1. The Bertz CT molecular complexity index is 418. The van der Waals surface area contributed by atoms with E-state index in [4.69, 9.17) is 19.9 Å². The Morgan fingerprint density at radius 2 is 2.00 bits per heavy atom. The van der Waals surface area contributed by atoms with Gasteiger partial charge in [-0.05, 0) is 32.9 Å². The minimum absolute atomic E-state index is 0.121. The SMILES string of the molecule is CCOc1cc(N)cc(C(=O)OCCOC(C)C)c1. The molecular formula is C14H21NO4. The van der Waals surface area contributed by atoms with Gasteiger partial charge < -0.3 is 19.9 Å². The molecule has 0 aliphatic heterocycles. The number of esters is 1. The fraction of sp³-hybridized carbons (Fsp3) is 0.500. The molecule has 0 heterocycles. The molecule has 5 nitrogen and oxygen atoms in total. The quantitative estimate of drug-likeness (QED) is 0.466. The lowest BCUT2D eigenvalue weighted by Crippen LogP contribution is -2.14. The lowest BCUT2D eigenvalue weighted by Gasteiger charge is -2.10. The highest BCUT2D eigenvalue weighted by molar-refractivity contribution is 5.91. The summed E-state index contributed by atoms with van der Waals surface area (Å²) in [5.74, 6) is 0.133. The molecule has 1 aromatic rings. The third-order valence-electron chi connectivity index (χ3n) is 2.24. The van der Waals surface area contributed by atoms with Crippen LogP contribution in [0.2, 0.25) is 0 Å². The van der Waals surface area contributed by atoms with Crippen LogP contribution in [0, 0.1) is 0 Å². The van der Waals surface area contributed by atoms with Crippen molar-refractivity contribution in [2.24, 2.45) is 0 Å². The number of carbonyl (C=O) groups excluding carboxylic acids is 1. The molecule has 1 rings (SSSR count). The van der Waals surface area contributed by atoms with Gasteiger partial charge >= 0.3 is 5.97 Å². The van der Waals surface area contributed by atoms with E-state index in [1.165, 1.54) is 0 Å². The van der Waals surface area contributed by atoms with Crippen molar-refractivity contribution in [2.45, 2.75) is 26.9 Å². The first-order valence-electron chi connectivity index (χ1n) is 6.35. The van der Waals surface area contributed by atoms with Crippen LogP contribution in [0.1, 0.15) is 31.1 Å². The predicted molar refractivity (Wildman–Crippen MR) is 73.4 cm³/mol. The molecule has 0 aromatic heterocycles. The van der Waals surface area contributed by atoms with Crippen LogP contribution in [0.25, 0.3) is 0 Å². The summed E-state index contributed by atoms with van der Waals surface area (Å²) in [7, 11) is 0. The molecule has 1 aromatic carbocycles. The average Bonchev–Trinajstić information content (AvgIpc) is 2.34. The molecule has 2 N–H and O–H groups in total. The van der Waals surface area contributed by atoms with E-state index in [2.05, 4.69) is 0 Å². The first-order valence-corrected chi connectivity index (χ1v) is 6.35. The van der Waals surface area contributed by atoms with Gasteiger partial charge in [0, 0.05) is 11.8 Å². The molecule has 0 fully saturated rings. The summed E-state index contributed by atoms with van der Waals surface area (Å²) in [6.07, 6.45) is 0.121. The molecular weight excluding hydrogens is 246 g/mol. The zero-order valence-corrected chi connectivity index (χ0v) is 11.6. The van der Waals surface area contributed by atoms with Gasteiger partial charge in [-0.25, -0.2) is 4.79 Å². The summed E-state index contributed by atoms with van der Waals surface area (Å²) < 4.78 is 15.7. The molecule has 0 saturated heterocycles. The highest BCUT2D eigenvalue weighted by Crippen LogP contribution is 2.19. The maximum absolute atomic E-state index is 11.8. The van der Waals surface area contributed by atoms with Crippen molar-refractivity contribution in [1.29, 1.82) is 0 Å². The van der Waals surface area contributed by atoms with Crippen molar-refractivity contribution in [3.05, 3.63) is 23.8 Å². The third-order valence-corrected chi connectivity index (χ3v) is 2.24.